The van der Waals surface area contributed by atoms with Crippen LogP contribution in [0.2, 0.25) is 0 Å². The summed E-state index contributed by atoms with van der Waals surface area (Å²) < 4.78 is 24.5. The number of hydrogen-bond acceptors (Lipinski definition) is 2. The number of aromatic nitrogens is 1. The van der Waals surface area contributed by atoms with Gasteiger partial charge in [-0.05, 0) is 22.9 Å². The Labute approximate surface area is 69.2 Å². The van der Waals surface area contributed by atoms with Crippen LogP contribution in [-0.4, -0.2) is 4.98 Å². The van der Waals surface area contributed by atoms with Crippen molar-refractivity contribution in [3.05, 3.63) is 14.5 Å². The summed E-state index contributed by atoms with van der Waals surface area (Å²) in [6.07, 6.45) is -2.45. The Balaban J connectivity index is 2.98. The Morgan fingerprint density at radius 3 is 2.40 bits per heavy atom. The maximum Gasteiger partial charge on any atom is 0.289 e. The summed E-state index contributed by atoms with van der Waals surface area (Å²) in [4.78, 5) is 3.63. The van der Waals surface area contributed by atoms with Gasteiger partial charge in [0.2, 0.25) is 0 Å². The van der Waals surface area contributed by atoms with Crippen LogP contribution in [0.4, 0.5) is 8.78 Å². The van der Waals surface area contributed by atoms with Gasteiger partial charge < -0.3 is 0 Å². The summed E-state index contributed by atoms with van der Waals surface area (Å²) in [5.74, 6) is 0. The highest BCUT2D eigenvalue weighted by Gasteiger charge is 2.13. The Bertz CT molecular complexity index is 216. The van der Waals surface area contributed by atoms with Gasteiger partial charge in [0, 0.05) is 0 Å². The highest BCUT2D eigenvalue weighted by Crippen LogP contribution is 2.30. The second-order valence-corrected chi connectivity index (χ2v) is 4.06. The molecule has 0 aliphatic rings. The molecule has 0 aromatic carbocycles. The zero-order valence-electron chi connectivity index (χ0n) is 5.07. The molecule has 0 fully saturated rings. The first-order valence-corrected chi connectivity index (χ1v) is 4.13. The Morgan fingerprint density at radius 1 is 1.60 bits per heavy atom. The number of alkyl halides is 2. The van der Waals surface area contributed by atoms with E-state index in [4.69, 9.17) is 0 Å². The van der Waals surface area contributed by atoms with Gasteiger partial charge in [-0.25, -0.2) is 13.8 Å². The minimum atomic E-state index is -2.45. The van der Waals surface area contributed by atoms with Crippen molar-refractivity contribution >= 4 is 27.3 Å². The van der Waals surface area contributed by atoms with Gasteiger partial charge in [-0.15, -0.1) is 11.3 Å². The van der Waals surface area contributed by atoms with E-state index in [0.29, 0.717) is 9.48 Å². The number of thiazole rings is 1. The fraction of sp³-hybridized carbons (Fsp3) is 0.400. The number of nitrogens with zero attached hydrogens (tertiary/aromatic N) is 1. The van der Waals surface area contributed by atoms with Gasteiger partial charge in [0.15, 0.2) is 5.01 Å². The van der Waals surface area contributed by atoms with Crippen molar-refractivity contribution in [3.8, 4) is 0 Å². The molecule has 0 saturated carbocycles. The van der Waals surface area contributed by atoms with Crippen LogP contribution in [0.5, 0.6) is 0 Å². The second kappa shape index (κ2) is 2.92. The number of aryl methyl sites for hydroxylation is 1. The summed E-state index contributed by atoms with van der Waals surface area (Å²) in [7, 11) is 0. The van der Waals surface area contributed by atoms with E-state index in [1.54, 1.807) is 6.92 Å². The molecule has 0 aliphatic carbocycles. The van der Waals surface area contributed by atoms with Gasteiger partial charge >= 0.3 is 0 Å². The average molecular weight is 228 g/mol. The molecular formula is C5H4BrF2NS. The van der Waals surface area contributed by atoms with Crippen LogP contribution in [0.25, 0.3) is 0 Å². The van der Waals surface area contributed by atoms with E-state index in [2.05, 4.69) is 20.9 Å². The van der Waals surface area contributed by atoms with Crippen molar-refractivity contribution in [1.82, 2.24) is 4.98 Å². The lowest BCUT2D eigenvalue weighted by Gasteiger charge is -1.86. The van der Waals surface area contributed by atoms with E-state index >= 15 is 0 Å². The topological polar surface area (TPSA) is 12.9 Å². The van der Waals surface area contributed by atoms with E-state index in [1.165, 1.54) is 0 Å². The molecule has 0 spiro atoms. The lowest BCUT2D eigenvalue weighted by atomic mass is 10.6. The summed E-state index contributed by atoms with van der Waals surface area (Å²) in [5.41, 5.74) is 0.625. The van der Waals surface area contributed by atoms with E-state index in [9.17, 15) is 8.78 Å². The minimum absolute atomic E-state index is 0.121. The van der Waals surface area contributed by atoms with Gasteiger partial charge in [0.1, 0.15) is 0 Å². The SMILES string of the molecule is Cc1nc(C(F)F)sc1Br. The molecular weight excluding hydrogens is 224 g/mol. The molecule has 0 N–H and O–H groups in total. The molecule has 1 nitrogen and oxygen atoms in total. The predicted octanol–water partition coefficient (Wildman–Crippen LogP) is 3.15. The fourth-order valence-electron chi connectivity index (χ4n) is 0.491. The highest BCUT2D eigenvalue weighted by molar-refractivity contribution is 9.11. The smallest absolute Gasteiger partial charge is 0.239 e. The molecule has 1 aromatic rings. The third kappa shape index (κ3) is 1.52. The van der Waals surface area contributed by atoms with E-state index < -0.39 is 6.43 Å². The predicted molar refractivity (Wildman–Crippen MR) is 39.5 cm³/mol. The third-order valence-electron chi connectivity index (χ3n) is 0.943. The van der Waals surface area contributed by atoms with Gasteiger partial charge in [0.25, 0.3) is 6.43 Å². The summed E-state index contributed by atoms with van der Waals surface area (Å²) >= 11 is 4.09. The Kier molecular flexibility index (Phi) is 2.36. The highest BCUT2D eigenvalue weighted by atomic mass is 79.9. The molecule has 0 unspecified atom stereocenters. The molecule has 0 amide bonds. The van der Waals surface area contributed by atoms with Gasteiger partial charge in [-0.3, -0.25) is 0 Å². The van der Waals surface area contributed by atoms with E-state index in [1.807, 2.05) is 0 Å². The molecule has 0 radical (unpaired) electrons. The molecule has 1 rings (SSSR count). The zero-order chi connectivity index (χ0) is 7.72. The molecule has 1 heterocycles. The molecule has 0 saturated heterocycles. The van der Waals surface area contributed by atoms with Crippen LogP contribution in [0.15, 0.2) is 3.79 Å². The fourth-order valence-corrected chi connectivity index (χ4v) is 1.73. The molecule has 5 heteroatoms. The van der Waals surface area contributed by atoms with Gasteiger partial charge in [0.05, 0.1) is 9.48 Å². The third-order valence-corrected chi connectivity index (χ3v) is 2.96. The lowest BCUT2D eigenvalue weighted by molar-refractivity contribution is 0.151. The molecule has 0 aliphatic heterocycles. The van der Waals surface area contributed by atoms with Crippen LogP contribution in [0, 0.1) is 6.92 Å². The summed E-state index contributed by atoms with van der Waals surface area (Å²) in [6, 6.07) is 0. The van der Waals surface area contributed by atoms with Crippen molar-refractivity contribution < 1.29 is 8.78 Å². The monoisotopic (exact) mass is 227 g/mol. The van der Waals surface area contributed by atoms with Crippen LogP contribution in [-0.2, 0) is 0 Å². The van der Waals surface area contributed by atoms with Gasteiger partial charge in [-0.2, -0.15) is 0 Å². The number of halogens is 3. The maximum absolute atomic E-state index is 11.9. The Hall–Kier alpha value is -0.0300. The Morgan fingerprint density at radius 2 is 2.20 bits per heavy atom. The first-order chi connectivity index (χ1) is 4.61. The van der Waals surface area contributed by atoms with E-state index in [-0.39, 0.29) is 5.01 Å². The van der Waals surface area contributed by atoms with Gasteiger partial charge in [-0.1, -0.05) is 0 Å². The molecule has 10 heavy (non-hydrogen) atoms. The maximum atomic E-state index is 11.9. The van der Waals surface area contributed by atoms with E-state index in [0.717, 1.165) is 11.3 Å². The van der Waals surface area contributed by atoms with Crippen LogP contribution >= 0.6 is 27.3 Å². The van der Waals surface area contributed by atoms with Crippen molar-refractivity contribution in [2.45, 2.75) is 13.3 Å². The first-order valence-electron chi connectivity index (χ1n) is 2.52. The average Bonchev–Trinajstić information content (AvgIpc) is 2.13. The van der Waals surface area contributed by atoms with Crippen molar-refractivity contribution in [2.24, 2.45) is 0 Å². The minimum Gasteiger partial charge on any atom is -0.239 e. The molecule has 56 valence electrons. The second-order valence-electron chi connectivity index (χ2n) is 1.71. The zero-order valence-corrected chi connectivity index (χ0v) is 7.47. The summed E-state index contributed by atoms with van der Waals surface area (Å²) in [5, 5.41) is -0.121. The number of hydrogen-bond donors (Lipinski definition) is 0. The van der Waals surface area contributed by atoms with Crippen molar-refractivity contribution in [3.63, 3.8) is 0 Å². The van der Waals surface area contributed by atoms with Crippen molar-refractivity contribution in [1.29, 1.82) is 0 Å². The number of rotatable bonds is 1. The summed E-state index contributed by atoms with van der Waals surface area (Å²) in [6.45, 7) is 1.69. The lowest BCUT2D eigenvalue weighted by Crippen LogP contribution is -1.80. The normalized spacial score (nSPS) is 10.9. The largest absolute Gasteiger partial charge is 0.289 e. The molecule has 0 bridgehead atoms. The standard InChI is InChI=1S/C5H4BrF2NS/c1-2-3(6)10-5(9-2)4(7)8/h4H,1H3. The van der Waals surface area contributed by atoms with Crippen LogP contribution in [0.1, 0.15) is 17.1 Å². The first kappa shape index (κ1) is 8.07. The quantitative estimate of drug-likeness (QED) is 0.719. The van der Waals surface area contributed by atoms with Crippen LogP contribution < -0.4 is 0 Å². The van der Waals surface area contributed by atoms with Crippen molar-refractivity contribution in [2.75, 3.05) is 0 Å². The van der Waals surface area contributed by atoms with Crippen LogP contribution in [0.3, 0.4) is 0 Å². The molecule has 1 aromatic heterocycles. The molecule has 0 atom stereocenters.